The Bertz CT molecular complexity index is 959. The molecule has 1 aliphatic rings. The molecule has 0 aliphatic carbocycles. The van der Waals surface area contributed by atoms with Crippen LogP contribution in [0.1, 0.15) is 6.42 Å². The lowest BCUT2D eigenvalue weighted by Gasteiger charge is -2.13. The number of rotatable bonds is 6. The Hall–Kier alpha value is -1.54. The summed E-state index contributed by atoms with van der Waals surface area (Å²) in [5.74, 6) is 2.91. The van der Waals surface area contributed by atoms with Crippen molar-refractivity contribution in [2.24, 2.45) is 5.92 Å². The van der Waals surface area contributed by atoms with Crippen molar-refractivity contribution in [3.8, 4) is 22.8 Å². The topological polar surface area (TPSA) is 49.2 Å². The minimum atomic E-state index is 0.547. The average Bonchev–Trinajstić information content (AvgIpc) is 3.36. The third kappa shape index (κ3) is 4.22. The molecule has 28 heavy (non-hydrogen) atoms. The van der Waals surface area contributed by atoms with Crippen LogP contribution in [-0.2, 0) is 4.74 Å². The lowest BCUT2D eigenvalue weighted by molar-refractivity contribution is 0.189. The maximum absolute atomic E-state index is 6.39. The summed E-state index contributed by atoms with van der Waals surface area (Å²) in [4.78, 5) is 0. The molecule has 0 radical (unpaired) electrons. The summed E-state index contributed by atoms with van der Waals surface area (Å²) in [5.41, 5.74) is 1.89. The minimum Gasteiger partial charge on any atom is -0.495 e. The highest BCUT2D eigenvalue weighted by molar-refractivity contribution is 9.10. The van der Waals surface area contributed by atoms with Gasteiger partial charge in [0.05, 0.1) is 24.4 Å². The normalized spacial score (nSPS) is 16.5. The van der Waals surface area contributed by atoms with Gasteiger partial charge in [-0.2, -0.15) is 0 Å². The summed E-state index contributed by atoms with van der Waals surface area (Å²) >= 11 is 11.6. The van der Waals surface area contributed by atoms with Gasteiger partial charge in [0, 0.05) is 22.4 Å². The van der Waals surface area contributed by atoms with Crippen LogP contribution in [0, 0.1) is 5.92 Å². The Morgan fingerprint density at radius 1 is 1.25 bits per heavy atom. The summed E-state index contributed by atoms with van der Waals surface area (Å²) in [6, 6.07) is 13.8. The Kier molecular flexibility index (Phi) is 6.25. The number of methoxy groups -OCH3 is 1. The SMILES string of the molecule is COc1ccc(-n2c(SCC3CCOC3)nnc2-c2ccc(Br)cc2)cc1Cl. The Morgan fingerprint density at radius 3 is 2.75 bits per heavy atom. The van der Waals surface area contributed by atoms with Crippen LogP contribution < -0.4 is 4.74 Å². The van der Waals surface area contributed by atoms with E-state index in [1.165, 1.54) is 0 Å². The molecule has 1 fully saturated rings. The Balaban J connectivity index is 1.74. The molecule has 3 aromatic rings. The minimum absolute atomic E-state index is 0.547. The maximum atomic E-state index is 6.39. The molecule has 1 aromatic heterocycles. The van der Waals surface area contributed by atoms with Gasteiger partial charge in [0.2, 0.25) is 0 Å². The molecule has 1 aliphatic heterocycles. The van der Waals surface area contributed by atoms with Gasteiger partial charge in [0.25, 0.3) is 0 Å². The zero-order chi connectivity index (χ0) is 19.5. The summed E-state index contributed by atoms with van der Waals surface area (Å²) < 4.78 is 13.9. The van der Waals surface area contributed by atoms with Crippen molar-refractivity contribution in [3.63, 3.8) is 0 Å². The summed E-state index contributed by atoms with van der Waals surface area (Å²) in [6.07, 6.45) is 1.09. The van der Waals surface area contributed by atoms with Crippen molar-refractivity contribution >= 4 is 39.3 Å². The van der Waals surface area contributed by atoms with Crippen LogP contribution in [0.4, 0.5) is 0 Å². The maximum Gasteiger partial charge on any atom is 0.196 e. The van der Waals surface area contributed by atoms with Gasteiger partial charge >= 0.3 is 0 Å². The van der Waals surface area contributed by atoms with Gasteiger partial charge in [-0.1, -0.05) is 51.4 Å². The quantitative estimate of drug-likeness (QED) is 0.437. The standard InChI is InChI=1S/C20H19BrClN3O2S/c1-26-18-7-6-16(10-17(18)22)25-19(14-2-4-15(21)5-3-14)23-24-20(25)28-12-13-8-9-27-11-13/h2-7,10,13H,8-9,11-12H2,1H3. The Labute approximate surface area is 181 Å². The van der Waals surface area contributed by atoms with Crippen LogP contribution in [0.5, 0.6) is 5.75 Å². The first kappa shape index (κ1) is 19.8. The molecule has 4 rings (SSSR count). The van der Waals surface area contributed by atoms with Crippen molar-refractivity contribution in [3.05, 3.63) is 52.0 Å². The largest absolute Gasteiger partial charge is 0.495 e. The number of aromatic nitrogens is 3. The molecule has 0 spiro atoms. The fourth-order valence-electron chi connectivity index (χ4n) is 3.08. The number of halogens is 2. The number of hydrogen-bond acceptors (Lipinski definition) is 5. The van der Waals surface area contributed by atoms with E-state index in [2.05, 4.69) is 30.7 Å². The summed E-state index contributed by atoms with van der Waals surface area (Å²) in [5, 5.41) is 10.3. The van der Waals surface area contributed by atoms with Gasteiger partial charge in [-0.15, -0.1) is 10.2 Å². The third-order valence-corrected chi connectivity index (χ3v) is 6.59. The van der Waals surface area contributed by atoms with Crippen LogP contribution in [0.2, 0.25) is 5.02 Å². The van der Waals surface area contributed by atoms with Gasteiger partial charge in [-0.25, -0.2) is 0 Å². The van der Waals surface area contributed by atoms with E-state index in [0.29, 0.717) is 16.7 Å². The van der Waals surface area contributed by atoms with E-state index in [1.807, 2.05) is 42.5 Å². The highest BCUT2D eigenvalue weighted by Gasteiger charge is 2.21. The van der Waals surface area contributed by atoms with Crippen LogP contribution in [0.15, 0.2) is 52.1 Å². The van der Waals surface area contributed by atoms with Crippen molar-refractivity contribution in [2.45, 2.75) is 11.6 Å². The van der Waals surface area contributed by atoms with E-state index in [4.69, 9.17) is 21.1 Å². The average molecular weight is 481 g/mol. The molecule has 0 N–H and O–H groups in total. The summed E-state index contributed by atoms with van der Waals surface area (Å²) in [6.45, 7) is 1.66. The first-order chi connectivity index (χ1) is 13.7. The predicted molar refractivity (Wildman–Crippen MR) is 116 cm³/mol. The van der Waals surface area contributed by atoms with Crippen LogP contribution in [0.3, 0.4) is 0 Å². The highest BCUT2D eigenvalue weighted by atomic mass is 79.9. The molecule has 2 aromatic carbocycles. The second kappa shape index (κ2) is 8.86. The monoisotopic (exact) mass is 479 g/mol. The van der Waals surface area contributed by atoms with Crippen molar-refractivity contribution < 1.29 is 9.47 Å². The molecule has 1 unspecified atom stereocenters. The van der Waals surface area contributed by atoms with Gasteiger partial charge in [0.15, 0.2) is 11.0 Å². The smallest absolute Gasteiger partial charge is 0.196 e. The first-order valence-corrected chi connectivity index (χ1v) is 11.1. The third-order valence-electron chi connectivity index (χ3n) is 4.60. The van der Waals surface area contributed by atoms with Crippen LogP contribution in [0.25, 0.3) is 17.1 Å². The molecular weight excluding hydrogens is 462 g/mol. The second-order valence-electron chi connectivity index (χ2n) is 6.51. The molecule has 8 heteroatoms. The molecule has 146 valence electrons. The summed E-state index contributed by atoms with van der Waals surface area (Å²) in [7, 11) is 1.61. The van der Waals surface area contributed by atoms with E-state index in [0.717, 1.165) is 52.1 Å². The fraction of sp³-hybridized carbons (Fsp3) is 0.300. The molecule has 2 heterocycles. The van der Waals surface area contributed by atoms with E-state index in [9.17, 15) is 0 Å². The van der Waals surface area contributed by atoms with E-state index < -0.39 is 0 Å². The zero-order valence-corrected chi connectivity index (χ0v) is 18.4. The first-order valence-electron chi connectivity index (χ1n) is 8.91. The Morgan fingerprint density at radius 2 is 2.07 bits per heavy atom. The molecule has 1 saturated heterocycles. The molecule has 5 nitrogen and oxygen atoms in total. The highest BCUT2D eigenvalue weighted by Crippen LogP contribution is 2.33. The van der Waals surface area contributed by atoms with Crippen molar-refractivity contribution in [1.29, 1.82) is 0 Å². The number of nitrogens with zero attached hydrogens (tertiary/aromatic N) is 3. The molecular formula is C20H19BrClN3O2S. The number of benzene rings is 2. The van der Waals surface area contributed by atoms with Gasteiger partial charge in [0.1, 0.15) is 5.75 Å². The van der Waals surface area contributed by atoms with Crippen LogP contribution in [-0.4, -0.2) is 40.8 Å². The lowest BCUT2D eigenvalue weighted by Crippen LogP contribution is -2.05. The van der Waals surface area contributed by atoms with Crippen molar-refractivity contribution in [2.75, 3.05) is 26.1 Å². The van der Waals surface area contributed by atoms with Gasteiger partial charge in [-0.3, -0.25) is 4.57 Å². The molecule has 0 amide bonds. The van der Waals surface area contributed by atoms with E-state index in [-0.39, 0.29) is 0 Å². The zero-order valence-electron chi connectivity index (χ0n) is 15.3. The van der Waals surface area contributed by atoms with E-state index >= 15 is 0 Å². The molecule has 0 saturated carbocycles. The van der Waals surface area contributed by atoms with Crippen molar-refractivity contribution in [1.82, 2.24) is 14.8 Å². The molecule has 1 atom stereocenters. The predicted octanol–water partition coefficient (Wildman–Crippen LogP) is 5.49. The fourth-order valence-corrected chi connectivity index (χ4v) is 4.67. The van der Waals surface area contributed by atoms with Gasteiger partial charge in [-0.05, 0) is 42.7 Å². The number of thioether (sulfide) groups is 1. The number of hydrogen-bond donors (Lipinski definition) is 0. The molecule has 0 bridgehead atoms. The van der Waals surface area contributed by atoms with Gasteiger partial charge < -0.3 is 9.47 Å². The van der Waals surface area contributed by atoms with Crippen LogP contribution >= 0.6 is 39.3 Å². The lowest BCUT2D eigenvalue weighted by atomic mass is 10.2. The van der Waals surface area contributed by atoms with E-state index in [1.54, 1.807) is 18.9 Å². The second-order valence-corrected chi connectivity index (χ2v) is 8.82. The number of ether oxygens (including phenoxy) is 2.